The molecular weight excluding hydrogens is 230 g/mol. The normalized spacial score (nSPS) is 11.1. The zero-order chi connectivity index (χ0) is 12.3. The van der Waals surface area contributed by atoms with E-state index in [1.807, 2.05) is 0 Å². The van der Waals surface area contributed by atoms with Crippen LogP contribution in [-0.4, -0.2) is 25.6 Å². The van der Waals surface area contributed by atoms with E-state index in [0.29, 0.717) is 17.1 Å². The fraction of sp³-hybridized carbons (Fsp3) is 0.333. The van der Waals surface area contributed by atoms with Crippen molar-refractivity contribution < 1.29 is 13.2 Å². The molecule has 3 N–H and O–H groups in total. The van der Waals surface area contributed by atoms with E-state index in [9.17, 15) is 13.2 Å². The highest BCUT2D eigenvalue weighted by molar-refractivity contribution is 7.92. The average Bonchev–Trinajstić information content (AvgIpc) is 2.06. The summed E-state index contributed by atoms with van der Waals surface area (Å²) in [7, 11) is -3.32. The Labute approximate surface area is 93.9 Å². The Kier molecular flexibility index (Phi) is 3.48. The smallest absolute Gasteiger partial charge is 0.229 e. The van der Waals surface area contributed by atoms with E-state index in [1.54, 1.807) is 19.1 Å². The van der Waals surface area contributed by atoms with Crippen LogP contribution in [0.4, 0.5) is 5.69 Å². The number of anilines is 1. The average molecular weight is 243 g/mol. The predicted octanol–water partition coefficient (Wildman–Crippen LogP) is -0.211. The van der Waals surface area contributed by atoms with Gasteiger partial charge in [-0.1, -0.05) is 0 Å². The summed E-state index contributed by atoms with van der Waals surface area (Å²) in [4.78, 5) is 14.7. The maximum Gasteiger partial charge on any atom is 0.229 e. The molecule has 0 aliphatic carbocycles. The van der Waals surface area contributed by atoms with Gasteiger partial charge < -0.3 is 5.73 Å². The van der Waals surface area contributed by atoms with Gasteiger partial charge in [0.2, 0.25) is 15.9 Å². The summed E-state index contributed by atoms with van der Waals surface area (Å²) in [5.74, 6) is -0.476. The summed E-state index contributed by atoms with van der Waals surface area (Å²) >= 11 is 0. The van der Waals surface area contributed by atoms with Crippen LogP contribution in [0.1, 0.15) is 11.4 Å². The molecule has 0 spiro atoms. The predicted molar refractivity (Wildman–Crippen MR) is 60.3 cm³/mol. The number of pyridine rings is 1. The van der Waals surface area contributed by atoms with Crippen molar-refractivity contribution in [3.05, 3.63) is 23.5 Å². The van der Waals surface area contributed by atoms with Crippen molar-refractivity contribution in [3.63, 3.8) is 0 Å². The molecule has 1 rings (SSSR count). The third-order valence-electron chi connectivity index (χ3n) is 1.79. The molecule has 0 atom stereocenters. The van der Waals surface area contributed by atoms with Gasteiger partial charge in [-0.05, 0) is 19.1 Å². The lowest BCUT2D eigenvalue weighted by Gasteiger charge is -2.07. The Morgan fingerprint density at radius 1 is 1.50 bits per heavy atom. The van der Waals surface area contributed by atoms with Gasteiger partial charge in [-0.25, -0.2) is 8.42 Å². The van der Waals surface area contributed by atoms with E-state index in [-0.39, 0.29) is 6.42 Å². The molecule has 6 nitrogen and oxygen atoms in total. The molecule has 0 aliphatic heterocycles. The van der Waals surface area contributed by atoms with Gasteiger partial charge in [0.15, 0.2) is 0 Å². The van der Waals surface area contributed by atoms with Gasteiger partial charge in [-0.2, -0.15) is 0 Å². The number of primary amides is 1. The van der Waals surface area contributed by atoms with Crippen molar-refractivity contribution in [1.29, 1.82) is 0 Å². The quantitative estimate of drug-likeness (QED) is 0.763. The summed E-state index contributed by atoms with van der Waals surface area (Å²) in [6.45, 7) is 1.65. The molecule has 1 heterocycles. The van der Waals surface area contributed by atoms with Crippen LogP contribution in [-0.2, 0) is 21.2 Å². The molecule has 0 fully saturated rings. The van der Waals surface area contributed by atoms with Gasteiger partial charge in [0.1, 0.15) is 0 Å². The Hall–Kier alpha value is -1.63. The van der Waals surface area contributed by atoms with Gasteiger partial charge in [-0.3, -0.25) is 14.5 Å². The second-order valence-corrected chi connectivity index (χ2v) is 5.20. The number of carbonyl (C=O) groups is 1. The summed E-state index contributed by atoms with van der Waals surface area (Å²) in [6.07, 6.45) is 1.10. The summed E-state index contributed by atoms with van der Waals surface area (Å²) in [6, 6.07) is 3.12. The number of carbonyl (C=O) groups excluding carboxylic acids is 1. The third kappa shape index (κ3) is 3.85. The minimum atomic E-state index is -3.32. The molecule has 88 valence electrons. The number of aryl methyl sites for hydroxylation is 1. The number of rotatable bonds is 4. The van der Waals surface area contributed by atoms with Gasteiger partial charge in [0, 0.05) is 0 Å². The highest BCUT2D eigenvalue weighted by atomic mass is 32.2. The number of amides is 1. The van der Waals surface area contributed by atoms with E-state index in [0.717, 1.165) is 6.26 Å². The largest absolute Gasteiger partial charge is 0.369 e. The van der Waals surface area contributed by atoms with Crippen molar-refractivity contribution in [3.8, 4) is 0 Å². The number of sulfonamides is 1. The molecule has 0 bridgehead atoms. The highest BCUT2D eigenvalue weighted by Gasteiger charge is 2.07. The number of hydrogen-bond acceptors (Lipinski definition) is 4. The van der Waals surface area contributed by atoms with Gasteiger partial charge in [0.05, 0.1) is 29.8 Å². The first-order valence-electron chi connectivity index (χ1n) is 4.50. The van der Waals surface area contributed by atoms with E-state index in [1.165, 1.54) is 0 Å². The van der Waals surface area contributed by atoms with Crippen molar-refractivity contribution in [2.45, 2.75) is 13.3 Å². The standard InChI is InChI=1S/C9H13N3O3S/c1-6-8(12-16(2,14)15)4-3-7(11-6)5-9(10)13/h3-4,12H,5H2,1-2H3,(H2,10,13). The highest BCUT2D eigenvalue weighted by Crippen LogP contribution is 2.14. The third-order valence-corrected chi connectivity index (χ3v) is 2.38. The first kappa shape index (κ1) is 12.4. The SMILES string of the molecule is Cc1nc(CC(N)=O)ccc1NS(C)(=O)=O. The Morgan fingerprint density at radius 2 is 2.12 bits per heavy atom. The molecule has 1 aromatic heterocycles. The lowest BCUT2D eigenvalue weighted by atomic mass is 10.2. The van der Waals surface area contributed by atoms with E-state index < -0.39 is 15.9 Å². The minimum Gasteiger partial charge on any atom is -0.369 e. The molecular formula is C9H13N3O3S. The van der Waals surface area contributed by atoms with Crippen LogP contribution in [0.2, 0.25) is 0 Å². The van der Waals surface area contributed by atoms with Crippen molar-refractivity contribution in [2.24, 2.45) is 5.73 Å². The number of nitrogens with two attached hydrogens (primary N) is 1. The Bertz CT molecular complexity index is 511. The summed E-state index contributed by atoms with van der Waals surface area (Å²) < 4.78 is 24.3. The first-order valence-corrected chi connectivity index (χ1v) is 6.39. The van der Waals surface area contributed by atoms with Crippen LogP contribution >= 0.6 is 0 Å². The fourth-order valence-electron chi connectivity index (χ4n) is 1.20. The zero-order valence-corrected chi connectivity index (χ0v) is 9.84. The maximum atomic E-state index is 11.0. The van der Waals surface area contributed by atoms with Crippen LogP contribution in [0.5, 0.6) is 0 Å². The summed E-state index contributed by atoms with van der Waals surface area (Å²) in [5, 5.41) is 0. The molecule has 0 aromatic carbocycles. The monoisotopic (exact) mass is 243 g/mol. The van der Waals surface area contributed by atoms with Crippen LogP contribution in [0, 0.1) is 6.92 Å². The zero-order valence-electron chi connectivity index (χ0n) is 9.02. The van der Waals surface area contributed by atoms with Crippen molar-refractivity contribution in [1.82, 2.24) is 4.98 Å². The lowest BCUT2D eigenvalue weighted by Crippen LogP contribution is -2.16. The van der Waals surface area contributed by atoms with Gasteiger partial charge in [-0.15, -0.1) is 0 Å². The molecule has 0 aliphatic rings. The maximum absolute atomic E-state index is 11.0. The van der Waals surface area contributed by atoms with Crippen molar-refractivity contribution >= 4 is 21.6 Å². The molecule has 16 heavy (non-hydrogen) atoms. The van der Waals surface area contributed by atoms with E-state index in [4.69, 9.17) is 5.73 Å². The van der Waals surface area contributed by atoms with E-state index >= 15 is 0 Å². The summed E-state index contributed by atoms with van der Waals surface area (Å²) in [5.41, 5.74) is 6.44. The van der Waals surface area contributed by atoms with Crippen LogP contribution in [0.15, 0.2) is 12.1 Å². The van der Waals surface area contributed by atoms with Gasteiger partial charge in [0.25, 0.3) is 0 Å². The number of aromatic nitrogens is 1. The van der Waals surface area contributed by atoms with Crippen LogP contribution in [0.3, 0.4) is 0 Å². The second-order valence-electron chi connectivity index (χ2n) is 3.45. The van der Waals surface area contributed by atoms with Crippen molar-refractivity contribution in [2.75, 3.05) is 11.0 Å². The Balaban J connectivity index is 2.96. The minimum absolute atomic E-state index is 0.0417. The topological polar surface area (TPSA) is 102 Å². The number of hydrogen-bond donors (Lipinski definition) is 2. The molecule has 0 saturated carbocycles. The number of nitrogens with zero attached hydrogens (tertiary/aromatic N) is 1. The molecule has 0 unspecified atom stereocenters. The fourth-order valence-corrected chi connectivity index (χ4v) is 1.81. The molecule has 0 saturated heterocycles. The van der Waals surface area contributed by atoms with Gasteiger partial charge >= 0.3 is 0 Å². The van der Waals surface area contributed by atoms with Crippen LogP contribution < -0.4 is 10.5 Å². The molecule has 1 aromatic rings. The van der Waals surface area contributed by atoms with Crippen LogP contribution in [0.25, 0.3) is 0 Å². The molecule has 0 radical (unpaired) electrons. The molecule has 7 heteroatoms. The number of nitrogens with one attached hydrogen (secondary N) is 1. The second kappa shape index (κ2) is 4.48. The van der Waals surface area contributed by atoms with E-state index in [2.05, 4.69) is 9.71 Å². The molecule has 1 amide bonds. The Morgan fingerprint density at radius 3 is 2.56 bits per heavy atom. The first-order chi connectivity index (χ1) is 7.28. The lowest BCUT2D eigenvalue weighted by molar-refractivity contribution is -0.117.